The van der Waals surface area contributed by atoms with Gasteiger partial charge in [-0.3, -0.25) is 9.69 Å². The van der Waals surface area contributed by atoms with E-state index >= 15 is 0 Å². The zero-order chi connectivity index (χ0) is 26.2. The molecule has 0 spiro atoms. The molecule has 2 aliphatic rings. The number of carboxylic acids is 1. The predicted octanol–water partition coefficient (Wildman–Crippen LogP) is 6.20. The number of fused-ring (bicyclic) bond motifs is 1. The van der Waals surface area contributed by atoms with Crippen molar-refractivity contribution >= 4 is 11.5 Å². The number of likely N-dealkylation sites (tertiary alicyclic amines) is 1. The van der Waals surface area contributed by atoms with Gasteiger partial charge in [0.1, 0.15) is 12.4 Å². The van der Waals surface area contributed by atoms with Gasteiger partial charge in [-0.2, -0.15) is 13.2 Å². The number of alkyl halides is 3. The molecule has 5 nitrogen and oxygen atoms in total. The number of nitrogens with zero attached hydrogens (tertiary/aromatic N) is 2. The summed E-state index contributed by atoms with van der Waals surface area (Å²) in [5.41, 5.74) is 4.68. The third-order valence-corrected chi connectivity index (χ3v) is 7.40. The van der Waals surface area contributed by atoms with Crippen molar-refractivity contribution in [1.82, 2.24) is 9.47 Å². The van der Waals surface area contributed by atoms with Gasteiger partial charge in [0.25, 0.3) is 0 Å². The van der Waals surface area contributed by atoms with E-state index in [4.69, 9.17) is 4.74 Å². The molecule has 2 heterocycles. The Morgan fingerprint density at radius 1 is 1.11 bits per heavy atom. The zero-order valence-electron chi connectivity index (χ0n) is 20.6. The van der Waals surface area contributed by atoms with Crippen LogP contribution in [0, 0.1) is 5.92 Å². The molecule has 0 saturated carbocycles. The number of aryl methyl sites for hydroxylation is 1. The van der Waals surface area contributed by atoms with E-state index in [1.54, 1.807) is 30.6 Å². The van der Waals surface area contributed by atoms with Gasteiger partial charge < -0.3 is 14.4 Å². The lowest BCUT2D eigenvalue weighted by Crippen LogP contribution is -2.26. The Labute approximate surface area is 213 Å². The second-order valence-corrected chi connectivity index (χ2v) is 9.83. The van der Waals surface area contributed by atoms with E-state index in [0.717, 1.165) is 43.1 Å². The molecule has 0 radical (unpaired) electrons. The van der Waals surface area contributed by atoms with Crippen LogP contribution in [0.25, 0.3) is 11.3 Å². The van der Waals surface area contributed by atoms with Crippen LogP contribution in [0.5, 0.6) is 5.75 Å². The predicted molar refractivity (Wildman–Crippen MR) is 135 cm³/mol. The van der Waals surface area contributed by atoms with E-state index in [1.807, 2.05) is 18.2 Å². The van der Waals surface area contributed by atoms with Crippen LogP contribution in [0.15, 0.2) is 66.5 Å². The molecule has 194 valence electrons. The van der Waals surface area contributed by atoms with Crippen LogP contribution >= 0.6 is 0 Å². The van der Waals surface area contributed by atoms with E-state index in [0.29, 0.717) is 24.3 Å². The molecule has 8 heteroatoms. The van der Waals surface area contributed by atoms with Crippen LogP contribution in [-0.2, 0) is 24.0 Å². The number of hydrogen-bond acceptors (Lipinski definition) is 3. The Hall–Kier alpha value is -3.52. The Kier molecular flexibility index (Phi) is 6.86. The van der Waals surface area contributed by atoms with Gasteiger partial charge in [-0.05, 0) is 91.4 Å². The number of rotatable bonds is 7. The number of benzene rings is 2. The average Bonchev–Trinajstić information content (AvgIpc) is 3.57. The van der Waals surface area contributed by atoms with Gasteiger partial charge in [-0.1, -0.05) is 17.7 Å². The lowest BCUT2D eigenvalue weighted by atomic mass is 9.86. The van der Waals surface area contributed by atoms with E-state index < -0.39 is 17.7 Å². The fourth-order valence-electron chi connectivity index (χ4n) is 5.33. The summed E-state index contributed by atoms with van der Waals surface area (Å²) in [6.07, 6.45) is 1.14. The highest BCUT2D eigenvalue weighted by atomic mass is 19.4. The monoisotopic (exact) mass is 510 g/mol. The molecule has 0 amide bonds. The summed E-state index contributed by atoms with van der Waals surface area (Å²) in [4.78, 5) is 13.5. The maximum atomic E-state index is 13.7. The van der Waals surface area contributed by atoms with Gasteiger partial charge in [-0.25, -0.2) is 0 Å². The van der Waals surface area contributed by atoms with Crippen molar-refractivity contribution in [3.63, 3.8) is 0 Å². The Morgan fingerprint density at radius 3 is 2.59 bits per heavy atom. The summed E-state index contributed by atoms with van der Waals surface area (Å²) in [5.74, 6) is -0.378. The van der Waals surface area contributed by atoms with Crippen molar-refractivity contribution < 1.29 is 27.8 Å². The molecule has 5 rings (SSSR count). The first kappa shape index (κ1) is 25.1. The van der Waals surface area contributed by atoms with Crippen LogP contribution in [-0.4, -0.2) is 40.2 Å². The van der Waals surface area contributed by atoms with Crippen molar-refractivity contribution in [3.05, 3.63) is 88.8 Å². The second-order valence-electron chi connectivity index (χ2n) is 9.83. The molecule has 1 aliphatic carbocycles. The van der Waals surface area contributed by atoms with Crippen LogP contribution in [0.2, 0.25) is 0 Å². The largest absolute Gasteiger partial charge is 0.489 e. The Morgan fingerprint density at radius 2 is 1.89 bits per heavy atom. The van der Waals surface area contributed by atoms with Crippen LogP contribution in [0.1, 0.15) is 42.0 Å². The average molecular weight is 511 g/mol. The topological polar surface area (TPSA) is 54.7 Å². The molecule has 1 unspecified atom stereocenters. The summed E-state index contributed by atoms with van der Waals surface area (Å²) in [7, 11) is 0. The quantitative estimate of drug-likeness (QED) is 0.411. The molecular weight excluding hydrogens is 481 g/mol. The maximum absolute atomic E-state index is 13.7. The van der Waals surface area contributed by atoms with Crippen molar-refractivity contribution in [3.8, 4) is 11.4 Å². The first-order chi connectivity index (χ1) is 17.7. The van der Waals surface area contributed by atoms with Crippen LogP contribution in [0.3, 0.4) is 0 Å². The van der Waals surface area contributed by atoms with E-state index in [2.05, 4.69) is 11.8 Å². The first-order valence-electron chi connectivity index (χ1n) is 12.4. The number of carbonyl (C=O) groups is 1. The Balaban J connectivity index is 1.28. The highest BCUT2D eigenvalue weighted by molar-refractivity contribution is 5.73. The highest BCUT2D eigenvalue weighted by Gasteiger charge is 2.34. The molecule has 1 saturated heterocycles. The SMILES string of the molecule is CC1=C(CN2CCC(C(=O)O)C2)CCc2cc(OCc3ccc(-n4cccc4)c(C(F)(F)F)c3)ccc21. The molecule has 1 aliphatic heterocycles. The molecule has 2 aromatic carbocycles. The standard InChI is InChI=1S/C29H29F3N2O3/c1-19-22(16-33-13-10-23(17-33)28(35)36)6-5-21-15-24(7-8-25(19)21)37-18-20-4-9-27(34-11-2-3-12-34)26(14-20)29(30,31)32/h2-4,7-9,11-12,14-15,23H,5-6,10,13,16-18H2,1H3,(H,35,36). The lowest BCUT2D eigenvalue weighted by molar-refractivity contribution is -0.141. The summed E-state index contributed by atoms with van der Waals surface area (Å²) < 4.78 is 48.6. The smallest absolute Gasteiger partial charge is 0.418 e. The molecule has 37 heavy (non-hydrogen) atoms. The van der Waals surface area contributed by atoms with Crippen molar-refractivity contribution in [2.75, 3.05) is 19.6 Å². The van der Waals surface area contributed by atoms with Gasteiger partial charge >= 0.3 is 12.1 Å². The van der Waals surface area contributed by atoms with E-state index in [9.17, 15) is 23.1 Å². The van der Waals surface area contributed by atoms with E-state index in [-0.39, 0.29) is 18.2 Å². The number of allylic oxidation sites excluding steroid dienone is 1. The summed E-state index contributed by atoms with van der Waals surface area (Å²) in [6.45, 7) is 4.31. The van der Waals surface area contributed by atoms with Gasteiger partial charge in [0.2, 0.25) is 0 Å². The molecule has 3 aromatic rings. The number of halogens is 3. The lowest BCUT2D eigenvalue weighted by Gasteiger charge is -2.25. The van der Waals surface area contributed by atoms with Gasteiger partial charge in [0.15, 0.2) is 0 Å². The Bertz CT molecular complexity index is 1330. The number of aromatic nitrogens is 1. The molecule has 1 aromatic heterocycles. The third kappa shape index (κ3) is 5.44. The summed E-state index contributed by atoms with van der Waals surface area (Å²) in [6, 6.07) is 13.5. The second kappa shape index (κ2) is 10.1. The van der Waals surface area contributed by atoms with Crippen molar-refractivity contribution in [2.45, 2.75) is 39.0 Å². The highest BCUT2D eigenvalue weighted by Crippen LogP contribution is 2.36. The fourth-order valence-corrected chi connectivity index (χ4v) is 5.33. The number of ether oxygens (including phenoxy) is 1. The third-order valence-electron chi connectivity index (χ3n) is 7.40. The molecule has 1 N–H and O–H groups in total. The minimum absolute atomic E-state index is 0.0353. The van der Waals surface area contributed by atoms with Gasteiger partial charge in [0, 0.05) is 25.5 Å². The van der Waals surface area contributed by atoms with Crippen LogP contribution in [0.4, 0.5) is 13.2 Å². The normalized spacial score (nSPS) is 18.2. The molecular formula is C29H29F3N2O3. The molecule has 1 fully saturated rings. The summed E-state index contributed by atoms with van der Waals surface area (Å²) in [5, 5.41) is 9.26. The molecule has 1 atom stereocenters. The number of carboxylic acid groups (broad SMARTS) is 1. The minimum Gasteiger partial charge on any atom is -0.489 e. The maximum Gasteiger partial charge on any atom is 0.418 e. The van der Waals surface area contributed by atoms with Crippen LogP contribution < -0.4 is 4.74 Å². The fraction of sp³-hybridized carbons (Fsp3) is 0.345. The summed E-state index contributed by atoms with van der Waals surface area (Å²) >= 11 is 0. The number of hydrogen-bond donors (Lipinski definition) is 1. The molecule has 0 bridgehead atoms. The van der Waals surface area contributed by atoms with Crippen molar-refractivity contribution in [1.29, 1.82) is 0 Å². The first-order valence-corrected chi connectivity index (χ1v) is 12.4. The number of aliphatic carboxylic acids is 1. The van der Waals surface area contributed by atoms with Crippen molar-refractivity contribution in [2.24, 2.45) is 5.92 Å². The van der Waals surface area contributed by atoms with E-state index in [1.165, 1.54) is 21.8 Å². The minimum atomic E-state index is -4.48. The van der Waals surface area contributed by atoms with Gasteiger partial charge in [0.05, 0.1) is 17.2 Å². The zero-order valence-corrected chi connectivity index (χ0v) is 20.6. The van der Waals surface area contributed by atoms with Gasteiger partial charge in [-0.15, -0.1) is 0 Å².